The summed E-state index contributed by atoms with van der Waals surface area (Å²) in [6.07, 6.45) is 3.44. The standard InChI is InChI=1S/C32H31Cl2F2N3O10S/c1-46-10-9-39(50(2,44)45)20-6-7-21-22(12-20)31(42)38(30(21)41)16-29(40)48-27(13-23-24(33)14-37(43)15-25(23)34)19-5-8-26(49-32(35)36)28(11-19)47-17-18-3-4-18/h5-8,11-12,14-15,18,27,32H,3-4,9-10,13,16-17H2,1-2H3/t27-/m0/s1. The molecule has 2 heterocycles. The predicted molar refractivity (Wildman–Crippen MR) is 175 cm³/mol. The Hall–Kier alpha value is -4.25. The number of ether oxygens (including phenoxy) is 4. The second-order valence-corrected chi connectivity index (χ2v) is 14.3. The van der Waals surface area contributed by atoms with Crippen molar-refractivity contribution in [3.8, 4) is 11.5 Å². The first-order valence-electron chi connectivity index (χ1n) is 15.1. The van der Waals surface area contributed by atoms with Crippen molar-refractivity contribution in [2.45, 2.75) is 32.0 Å². The summed E-state index contributed by atoms with van der Waals surface area (Å²) in [6.45, 7) is -3.74. The summed E-state index contributed by atoms with van der Waals surface area (Å²) in [5.74, 6) is -2.76. The maximum atomic E-state index is 13.4. The van der Waals surface area contributed by atoms with E-state index >= 15 is 0 Å². The molecule has 2 aliphatic rings. The van der Waals surface area contributed by atoms with Gasteiger partial charge in [-0.15, -0.1) is 0 Å². The Kier molecular flexibility index (Phi) is 11.3. The summed E-state index contributed by atoms with van der Waals surface area (Å²) in [6, 6.07) is 7.84. The summed E-state index contributed by atoms with van der Waals surface area (Å²) < 4.78 is 73.7. The number of alkyl halides is 2. The number of carbonyl (C=O) groups excluding carboxylic acids is 3. The smallest absolute Gasteiger partial charge is 0.387 e. The van der Waals surface area contributed by atoms with Crippen LogP contribution in [-0.2, 0) is 30.7 Å². The monoisotopic (exact) mass is 757 g/mol. The number of benzene rings is 2. The van der Waals surface area contributed by atoms with Crippen LogP contribution >= 0.6 is 23.2 Å². The lowest BCUT2D eigenvalue weighted by atomic mass is 10.0. The normalized spacial score (nSPS) is 14.9. The quantitative estimate of drug-likeness (QED) is 0.0880. The maximum Gasteiger partial charge on any atom is 0.387 e. The van der Waals surface area contributed by atoms with Gasteiger partial charge in [0.2, 0.25) is 10.0 Å². The number of imide groups is 1. The van der Waals surface area contributed by atoms with Crippen molar-refractivity contribution in [2.24, 2.45) is 5.92 Å². The van der Waals surface area contributed by atoms with Gasteiger partial charge in [0.25, 0.3) is 11.8 Å². The number of hydrogen-bond donors (Lipinski definition) is 0. The molecule has 2 amide bonds. The lowest BCUT2D eigenvalue weighted by Gasteiger charge is -2.22. The molecule has 1 aliphatic heterocycles. The van der Waals surface area contributed by atoms with Crippen molar-refractivity contribution < 1.29 is 55.3 Å². The molecule has 1 saturated carbocycles. The summed E-state index contributed by atoms with van der Waals surface area (Å²) >= 11 is 12.6. The van der Waals surface area contributed by atoms with Gasteiger partial charge in [-0.05, 0) is 54.7 Å². The highest BCUT2D eigenvalue weighted by Crippen LogP contribution is 2.38. The largest absolute Gasteiger partial charge is 0.619 e. The molecule has 0 N–H and O–H groups in total. The number of rotatable bonds is 16. The van der Waals surface area contributed by atoms with Crippen LogP contribution in [0.3, 0.4) is 0 Å². The van der Waals surface area contributed by atoms with Gasteiger partial charge < -0.3 is 24.2 Å². The van der Waals surface area contributed by atoms with Gasteiger partial charge in [0.1, 0.15) is 22.7 Å². The van der Waals surface area contributed by atoms with Crippen LogP contribution in [0.4, 0.5) is 14.5 Å². The van der Waals surface area contributed by atoms with Gasteiger partial charge in [0, 0.05) is 19.1 Å². The minimum atomic E-state index is -3.78. The second-order valence-electron chi connectivity index (χ2n) is 11.6. The molecule has 1 aromatic heterocycles. The Morgan fingerprint density at radius 3 is 2.36 bits per heavy atom. The van der Waals surface area contributed by atoms with Crippen molar-refractivity contribution in [1.29, 1.82) is 0 Å². The number of hydrogen-bond acceptors (Lipinski definition) is 10. The van der Waals surface area contributed by atoms with Crippen molar-refractivity contribution in [3.63, 3.8) is 0 Å². The average molecular weight is 759 g/mol. The summed E-state index contributed by atoms with van der Waals surface area (Å²) in [5, 5.41) is 11.8. The van der Waals surface area contributed by atoms with Gasteiger partial charge in [-0.2, -0.15) is 13.5 Å². The van der Waals surface area contributed by atoms with Gasteiger partial charge in [-0.3, -0.25) is 23.6 Å². The third-order valence-corrected chi connectivity index (χ3v) is 9.72. The lowest BCUT2D eigenvalue weighted by Crippen LogP contribution is -2.36. The van der Waals surface area contributed by atoms with E-state index in [-0.39, 0.29) is 81.6 Å². The van der Waals surface area contributed by atoms with Crippen LogP contribution in [-0.4, -0.2) is 77.4 Å². The van der Waals surface area contributed by atoms with Crippen molar-refractivity contribution in [2.75, 3.05) is 44.0 Å². The number of halogens is 4. The Bertz CT molecular complexity index is 1890. The Morgan fingerprint density at radius 1 is 1.06 bits per heavy atom. The van der Waals surface area contributed by atoms with Gasteiger partial charge in [-0.1, -0.05) is 29.3 Å². The molecule has 1 fully saturated rings. The molecule has 3 aromatic rings. The summed E-state index contributed by atoms with van der Waals surface area (Å²) in [5.41, 5.74) is 0.390. The van der Waals surface area contributed by atoms with Gasteiger partial charge in [0.05, 0.1) is 42.8 Å². The summed E-state index contributed by atoms with van der Waals surface area (Å²) in [7, 11) is -2.39. The molecule has 13 nitrogen and oxygen atoms in total. The third kappa shape index (κ3) is 8.72. The number of anilines is 1. The van der Waals surface area contributed by atoms with E-state index in [0.29, 0.717) is 9.63 Å². The molecule has 50 heavy (non-hydrogen) atoms. The molecule has 0 saturated heterocycles. The van der Waals surface area contributed by atoms with Crippen LogP contribution in [0.1, 0.15) is 50.8 Å². The number of pyridine rings is 1. The molecule has 0 radical (unpaired) electrons. The number of aromatic nitrogens is 1. The number of nitrogens with zero attached hydrogens (tertiary/aromatic N) is 3. The molecule has 5 rings (SSSR count). The molecule has 18 heteroatoms. The number of amides is 2. The Labute approximate surface area is 295 Å². The third-order valence-electron chi connectivity index (χ3n) is 7.88. The highest BCUT2D eigenvalue weighted by atomic mass is 35.5. The van der Waals surface area contributed by atoms with Gasteiger partial charge >= 0.3 is 12.6 Å². The first-order valence-corrected chi connectivity index (χ1v) is 17.7. The lowest BCUT2D eigenvalue weighted by molar-refractivity contribution is -0.605. The van der Waals surface area contributed by atoms with E-state index in [0.717, 1.165) is 35.8 Å². The van der Waals surface area contributed by atoms with E-state index in [1.807, 2.05) is 0 Å². The topological polar surface area (TPSA) is 156 Å². The van der Waals surface area contributed by atoms with Crippen LogP contribution in [0.15, 0.2) is 48.8 Å². The van der Waals surface area contributed by atoms with E-state index < -0.39 is 47.1 Å². The second kappa shape index (κ2) is 15.3. The fourth-order valence-electron chi connectivity index (χ4n) is 5.22. The fraction of sp³-hybridized carbons (Fsp3) is 0.375. The van der Waals surface area contributed by atoms with E-state index in [9.17, 15) is 36.8 Å². The number of carbonyl (C=O) groups is 3. The van der Waals surface area contributed by atoms with E-state index in [4.69, 9.17) is 37.4 Å². The molecule has 0 spiro atoms. The van der Waals surface area contributed by atoms with Crippen LogP contribution in [0, 0.1) is 11.1 Å². The molecule has 2 aromatic carbocycles. The predicted octanol–water partition coefficient (Wildman–Crippen LogP) is 4.55. The number of esters is 1. The summed E-state index contributed by atoms with van der Waals surface area (Å²) in [4.78, 5) is 40.7. The Balaban J connectivity index is 1.42. The fourth-order valence-corrected chi connectivity index (χ4v) is 6.73. The number of methoxy groups -OCH3 is 1. The zero-order valence-corrected chi connectivity index (χ0v) is 29.0. The van der Waals surface area contributed by atoms with Crippen molar-refractivity contribution in [3.05, 3.63) is 86.3 Å². The highest BCUT2D eigenvalue weighted by molar-refractivity contribution is 7.92. The minimum Gasteiger partial charge on any atom is -0.619 e. The van der Waals surface area contributed by atoms with Crippen LogP contribution in [0.5, 0.6) is 11.5 Å². The first kappa shape index (κ1) is 37.0. The minimum absolute atomic E-state index is 0.0387. The molecule has 1 atom stereocenters. The van der Waals surface area contributed by atoms with E-state index in [2.05, 4.69) is 4.74 Å². The Morgan fingerprint density at radius 2 is 1.74 bits per heavy atom. The first-order chi connectivity index (χ1) is 23.7. The van der Waals surface area contributed by atoms with E-state index in [1.165, 1.54) is 43.5 Å². The number of fused-ring (bicyclic) bond motifs is 1. The van der Waals surface area contributed by atoms with Crippen LogP contribution in [0.25, 0.3) is 0 Å². The van der Waals surface area contributed by atoms with E-state index in [1.54, 1.807) is 0 Å². The molecule has 1 aliphatic carbocycles. The van der Waals surface area contributed by atoms with Gasteiger partial charge in [0.15, 0.2) is 23.9 Å². The average Bonchev–Trinajstić information content (AvgIpc) is 3.84. The van der Waals surface area contributed by atoms with Gasteiger partial charge in [-0.25, -0.2) is 8.42 Å². The van der Waals surface area contributed by atoms with Crippen molar-refractivity contribution >= 4 is 56.7 Å². The van der Waals surface area contributed by atoms with Crippen molar-refractivity contribution in [1.82, 2.24) is 4.90 Å². The number of sulfonamides is 1. The van der Waals surface area contributed by atoms with Crippen LogP contribution < -0.4 is 18.5 Å². The van der Waals surface area contributed by atoms with Crippen LogP contribution in [0.2, 0.25) is 10.0 Å². The highest BCUT2D eigenvalue weighted by Gasteiger charge is 2.38. The zero-order chi connectivity index (χ0) is 36.3. The molecular weight excluding hydrogens is 727 g/mol. The molecule has 0 unspecified atom stereocenters. The maximum absolute atomic E-state index is 13.4. The SMILES string of the molecule is COCCN(c1ccc2c(c1)C(=O)N(CC(=O)O[C@@H](Cc1c(Cl)c[n+]([O-])cc1Cl)c1ccc(OC(F)F)c(OCC3CC3)c1)C2=O)S(C)(=O)=O. The molecular formula is C32H31Cl2F2N3O10S. The molecule has 0 bridgehead atoms. The zero-order valence-electron chi connectivity index (χ0n) is 26.6. The molecule has 268 valence electrons.